The SMILES string of the molecule is COc1ccc2c(c1)C(CN)C(C)C2. The van der Waals surface area contributed by atoms with E-state index in [0.29, 0.717) is 11.8 Å². The van der Waals surface area contributed by atoms with Gasteiger partial charge < -0.3 is 10.5 Å². The van der Waals surface area contributed by atoms with Gasteiger partial charge in [0.05, 0.1) is 7.11 Å². The zero-order chi connectivity index (χ0) is 10.1. The number of nitrogens with two attached hydrogens (primary N) is 1. The van der Waals surface area contributed by atoms with Crippen molar-refractivity contribution < 1.29 is 4.74 Å². The first kappa shape index (κ1) is 9.53. The topological polar surface area (TPSA) is 35.2 Å². The maximum absolute atomic E-state index is 5.79. The van der Waals surface area contributed by atoms with E-state index in [9.17, 15) is 0 Å². The zero-order valence-corrected chi connectivity index (χ0v) is 8.79. The van der Waals surface area contributed by atoms with Crippen LogP contribution >= 0.6 is 0 Å². The van der Waals surface area contributed by atoms with Gasteiger partial charge in [-0.2, -0.15) is 0 Å². The molecule has 2 rings (SSSR count). The van der Waals surface area contributed by atoms with Gasteiger partial charge in [0, 0.05) is 0 Å². The van der Waals surface area contributed by atoms with E-state index in [1.807, 2.05) is 6.07 Å². The van der Waals surface area contributed by atoms with Crippen LogP contribution in [0.2, 0.25) is 0 Å². The molecular weight excluding hydrogens is 174 g/mol. The number of fused-ring (bicyclic) bond motifs is 1. The fourth-order valence-electron chi connectivity index (χ4n) is 2.39. The minimum absolute atomic E-state index is 0.514. The smallest absolute Gasteiger partial charge is 0.119 e. The highest BCUT2D eigenvalue weighted by atomic mass is 16.5. The minimum Gasteiger partial charge on any atom is -0.497 e. The quantitative estimate of drug-likeness (QED) is 0.775. The van der Waals surface area contributed by atoms with Crippen LogP contribution in [0.25, 0.3) is 0 Å². The van der Waals surface area contributed by atoms with E-state index < -0.39 is 0 Å². The average Bonchev–Trinajstić information content (AvgIpc) is 2.52. The minimum atomic E-state index is 0.514. The Labute approximate surface area is 85.1 Å². The third-order valence-electron chi connectivity index (χ3n) is 3.24. The number of hydrogen-bond donors (Lipinski definition) is 1. The Morgan fingerprint density at radius 3 is 2.93 bits per heavy atom. The Morgan fingerprint density at radius 1 is 1.50 bits per heavy atom. The second-order valence-corrected chi connectivity index (χ2v) is 4.09. The second-order valence-electron chi connectivity index (χ2n) is 4.09. The molecule has 0 spiro atoms. The van der Waals surface area contributed by atoms with Gasteiger partial charge in [0.2, 0.25) is 0 Å². The van der Waals surface area contributed by atoms with E-state index in [-0.39, 0.29) is 0 Å². The summed E-state index contributed by atoms with van der Waals surface area (Å²) in [7, 11) is 1.71. The predicted octanol–water partition coefficient (Wildman–Crippen LogP) is 1.93. The van der Waals surface area contributed by atoms with Crippen LogP contribution in [-0.2, 0) is 6.42 Å². The van der Waals surface area contributed by atoms with Crippen molar-refractivity contribution in [2.75, 3.05) is 13.7 Å². The van der Waals surface area contributed by atoms with Gasteiger partial charge in [-0.05, 0) is 48.1 Å². The lowest BCUT2D eigenvalue weighted by molar-refractivity contribution is 0.413. The van der Waals surface area contributed by atoms with Gasteiger partial charge in [0.25, 0.3) is 0 Å². The van der Waals surface area contributed by atoms with Crippen LogP contribution in [-0.4, -0.2) is 13.7 Å². The molecule has 0 saturated heterocycles. The van der Waals surface area contributed by atoms with Crippen molar-refractivity contribution >= 4 is 0 Å². The number of ether oxygens (including phenoxy) is 1. The number of rotatable bonds is 2. The maximum Gasteiger partial charge on any atom is 0.119 e. The molecule has 0 aliphatic heterocycles. The Morgan fingerprint density at radius 2 is 2.29 bits per heavy atom. The van der Waals surface area contributed by atoms with Crippen molar-refractivity contribution in [1.29, 1.82) is 0 Å². The first-order valence-electron chi connectivity index (χ1n) is 5.13. The van der Waals surface area contributed by atoms with Crippen LogP contribution in [0.1, 0.15) is 24.0 Å². The third kappa shape index (κ3) is 1.40. The van der Waals surface area contributed by atoms with Gasteiger partial charge in [0.15, 0.2) is 0 Å². The van der Waals surface area contributed by atoms with E-state index in [1.165, 1.54) is 11.1 Å². The van der Waals surface area contributed by atoms with E-state index in [2.05, 4.69) is 19.1 Å². The van der Waals surface area contributed by atoms with Crippen molar-refractivity contribution in [2.24, 2.45) is 11.7 Å². The molecule has 1 aromatic rings. The molecule has 0 heterocycles. The molecule has 1 aliphatic carbocycles. The van der Waals surface area contributed by atoms with E-state index in [4.69, 9.17) is 10.5 Å². The second kappa shape index (κ2) is 3.62. The van der Waals surface area contributed by atoms with Crippen LogP contribution < -0.4 is 10.5 Å². The van der Waals surface area contributed by atoms with Gasteiger partial charge in [-0.3, -0.25) is 0 Å². The molecule has 2 atom stereocenters. The molecular formula is C12H17NO. The Balaban J connectivity index is 2.39. The van der Waals surface area contributed by atoms with Crippen molar-refractivity contribution in [3.63, 3.8) is 0 Å². The summed E-state index contributed by atoms with van der Waals surface area (Å²) in [6, 6.07) is 6.33. The largest absolute Gasteiger partial charge is 0.497 e. The summed E-state index contributed by atoms with van der Waals surface area (Å²) in [6.45, 7) is 3.01. The summed E-state index contributed by atoms with van der Waals surface area (Å²) in [5.41, 5.74) is 8.62. The zero-order valence-electron chi connectivity index (χ0n) is 8.79. The molecule has 2 heteroatoms. The van der Waals surface area contributed by atoms with Gasteiger partial charge in [-0.15, -0.1) is 0 Å². The molecule has 0 amide bonds. The van der Waals surface area contributed by atoms with Gasteiger partial charge in [-0.25, -0.2) is 0 Å². The summed E-state index contributed by atoms with van der Waals surface area (Å²) < 4.78 is 5.23. The summed E-state index contributed by atoms with van der Waals surface area (Å²) in [4.78, 5) is 0. The lowest BCUT2D eigenvalue weighted by Crippen LogP contribution is -2.15. The highest BCUT2D eigenvalue weighted by Gasteiger charge is 2.28. The van der Waals surface area contributed by atoms with Gasteiger partial charge >= 0.3 is 0 Å². The molecule has 1 aromatic carbocycles. The Hall–Kier alpha value is -1.02. The Bertz CT molecular complexity index is 335. The summed E-state index contributed by atoms with van der Waals surface area (Å²) in [5.74, 6) is 2.12. The molecule has 0 saturated carbocycles. The summed E-state index contributed by atoms with van der Waals surface area (Å²) >= 11 is 0. The molecule has 1 aliphatic rings. The van der Waals surface area contributed by atoms with E-state index >= 15 is 0 Å². The molecule has 76 valence electrons. The summed E-state index contributed by atoms with van der Waals surface area (Å²) in [5, 5.41) is 0. The number of methoxy groups -OCH3 is 1. The van der Waals surface area contributed by atoms with Crippen molar-refractivity contribution in [3.8, 4) is 5.75 Å². The molecule has 0 bridgehead atoms. The number of hydrogen-bond acceptors (Lipinski definition) is 2. The van der Waals surface area contributed by atoms with Crippen molar-refractivity contribution in [3.05, 3.63) is 29.3 Å². The van der Waals surface area contributed by atoms with Crippen LogP contribution in [0.15, 0.2) is 18.2 Å². The third-order valence-corrected chi connectivity index (χ3v) is 3.24. The fourth-order valence-corrected chi connectivity index (χ4v) is 2.39. The normalized spacial score (nSPS) is 24.8. The highest BCUT2D eigenvalue weighted by molar-refractivity contribution is 5.42. The van der Waals surface area contributed by atoms with Crippen LogP contribution in [0.3, 0.4) is 0 Å². The summed E-state index contributed by atoms with van der Waals surface area (Å²) in [6.07, 6.45) is 1.15. The molecule has 0 fully saturated rings. The molecule has 0 radical (unpaired) electrons. The molecule has 14 heavy (non-hydrogen) atoms. The van der Waals surface area contributed by atoms with E-state index in [0.717, 1.165) is 18.7 Å². The Kier molecular flexibility index (Phi) is 2.46. The van der Waals surface area contributed by atoms with Crippen molar-refractivity contribution in [1.82, 2.24) is 0 Å². The highest BCUT2D eigenvalue weighted by Crippen LogP contribution is 2.38. The molecule has 2 N–H and O–H groups in total. The fraction of sp³-hybridized carbons (Fsp3) is 0.500. The first-order chi connectivity index (χ1) is 6.76. The van der Waals surface area contributed by atoms with Crippen LogP contribution in [0.5, 0.6) is 5.75 Å². The van der Waals surface area contributed by atoms with Crippen LogP contribution in [0, 0.1) is 5.92 Å². The van der Waals surface area contributed by atoms with Crippen LogP contribution in [0.4, 0.5) is 0 Å². The van der Waals surface area contributed by atoms with Gasteiger partial charge in [0.1, 0.15) is 5.75 Å². The monoisotopic (exact) mass is 191 g/mol. The molecule has 0 aromatic heterocycles. The molecule has 2 unspecified atom stereocenters. The standard InChI is InChI=1S/C12H17NO/c1-8-5-9-3-4-10(14-2)6-11(9)12(8)7-13/h3-4,6,8,12H,5,7,13H2,1-2H3. The first-order valence-corrected chi connectivity index (χ1v) is 5.13. The lowest BCUT2D eigenvalue weighted by Gasteiger charge is -2.14. The average molecular weight is 191 g/mol. The molecule has 2 nitrogen and oxygen atoms in total. The lowest BCUT2D eigenvalue weighted by atomic mass is 9.94. The van der Waals surface area contributed by atoms with E-state index in [1.54, 1.807) is 7.11 Å². The predicted molar refractivity (Wildman–Crippen MR) is 57.7 cm³/mol. The van der Waals surface area contributed by atoms with Crippen molar-refractivity contribution in [2.45, 2.75) is 19.3 Å². The number of benzene rings is 1. The maximum atomic E-state index is 5.79. The van der Waals surface area contributed by atoms with Gasteiger partial charge in [-0.1, -0.05) is 13.0 Å².